The number of carbonyl (C=O) groups is 1. The van der Waals surface area contributed by atoms with Gasteiger partial charge in [0.05, 0.1) is 12.2 Å². The number of nitrogens with one attached hydrogen (secondary N) is 1. The van der Waals surface area contributed by atoms with Crippen molar-refractivity contribution < 1.29 is 13.9 Å². The van der Waals surface area contributed by atoms with Gasteiger partial charge in [-0.05, 0) is 62.2 Å². The van der Waals surface area contributed by atoms with E-state index in [2.05, 4.69) is 5.32 Å². The minimum atomic E-state index is -0.448. The topological polar surface area (TPSA) is 38.3 Å². The quantitative estimate of drug-likeness (QED) is 0.815. The summed E-state index contributed by atoms with van der Waals surface area (Å²) in [6.07, 6.45) is 4.75. The molecular formula is C18H24FNO2. The second kappa shape index (κ2) is 6.78. The van der Waals surface area contributed by atoms with Gasteiger partial charge in [-0.2, -0.15) is 0 Å². The third-order valence-corrected chi connectivity index (χ3v) is 4.67. The maximum atomic E-state index is 14.2. The highest BCUT2D eigenvalue weighted by Crippen LogP contribution is 2.45. The first-order valence-corrected chi connectivity index (χ1v) is 8.39. The van der Waals surface area contributed by atoms with E-state index in [9.17, 15) is 9.18 Å². The van der Waals surface area contributed by atoms with Gasteiger partial charge in [0.15, 0.2) is 5.78 Å². The summed E-state index contributed by atoms with van der Waals surface area (Å²) in [5.41, 5.74) is 1.24. The van der Waals surface area contributed by atoms with Crippen molar-refractivity contribution in [3.05, 3.63) is 29.1 Å². The van der Waals surface area contributed by atoms with Crippen LogP contribution in [0.5, 0.6) is 5.75 Å². The zero-order valence-electron chi connectivity index (χ0n) is 13.2. The molecule has 1 aliphatic carbocycles. The Labute approximate surface area is 131 Å². The van der Waals surface area contributed by atoms with Crippen molar-refractivity contribution in [1.82, 2.24) is 5.32 Å². The number of Topliss-reactive ketones (excluding diaryl/α,β-unsaturated/α-hetero) is 1. The van der Waals surface area contributed by atoms with Crippen molar-refractivity contribution in [3.63, 3.8) is 0 Å². The number of ketones is 1. The number of benzene rings is 1. The first-order valence-electron chi connectivity index (χ1n) is 8.39. The average molecular weight is 305 g/mol. The maximum Gasteiger partial charge on any atom is 0.165 e. The Balaban J connectivity index is 1.77. The van der Waals surface area contributed by atoms with Crippen LogP contribution in [0.25, 0.3) is 0 Å². The van der Waals surface area contributed by atoms with Crippen LogP contribution >= 0.6 is 0 Å². The summed E-state index contributed by atoms with van der Waals surface area (Å²) in [5.74, 6) is 1.03. The number of halogens is 1. The van der Waals surface area contributed by atoms with Gasteiger partial charge in [0.1, 0.15) is 11.6 Å². The Bertz CT molecular complexity index is 548. The van der Waals surface area contributed by atoms with Crippen LogP contribution in [0.3, 0.4) is 0 Å². The Morgan fingerprint density at radius 3 is 2.64 bits per heavy atom. The van der Waals surface area contributed by atoms with Crippen LogP contribution in [0.4, 0.5) is 4.39 Å². The van der Waals surface area contributed by atoms with Crippen molar-refractivity contribution in [1.29, 1.82) is 0 Å². The average Bonchev–Trinajstić information content (AvgIpc) is 3.38. The summed E-state index contributed by atoms with van der Waals surface area (Å²) in [6.45, 7) is 4.46. The molecule has 1 heterocycles. The molecule has 0 bridgehead atoms. The normalized spacial score (nSPS) is 19.2. The summed E-state index contributed by atoms with van der Waals surface area (Å²) < 4.78 is 20.2. The molecule has 22 heavy (non-hydrogen) atoms. The van der Waals surface area contributed by atoms with Gasteiger partial charge < -0.3 is 10.1 Å². The minimum Gasteiger partial charge on any atom is -0.493 e. The van der Waals surface area contributed by atoms with E-state index in [1.165, 1.54) is 6.07 Å². The molecule has 1 saturated heterocycles. The number of ether oxygens (including phenoxy) is 1. The summed E-state index contributed by atoms with van der Waals surface area (Å²) in [4.78, 5) is 11.9. The zero-order valence-corrected chi connectivity index (χ0v) is 13.2. The molecule has 1 N–H and O–H groups in total. The van der Waals surface area contributed by atoms with E-state index < -0.39 is 5.82 Å². The van der Waals surface area contributed by atoms with Crippen LogP contribution in [0.15, 0.2) is 12.1 Å². The van der Waals surface area contributed by atoms with Gasteiger partial charge in [-0.15, -0.1) is 0 Å². The lowest BCUT2D eigenvalue weighted by Gasteiger charge is -2.23. The monoisotopic (exact) mass is 305 g/mol. The second-order valence-corrected chi connectivity index (χ2v) is 6.43. The fourth-order valence-corrected chi connectivity index (χ4v) is 3.07. The minimum absolute atomic E-state index is 0.135. The maximum absolute atomic E-state index is 14.2. The molecule has 3 nitrogen and oxygen atoms in total. The molecular weight excluding hydrogens is 281 g/mol. The summed E-state index contributed by atoms with van der Waals surface area (Å²) in [6, 6.07) is 3.16. The zero-order chi connectivity index (χ0) is 15.5. The van der Waals surface area contributed by atoms with Crippen LogP contribution in [-0.2, 0) is 0 Å². The first-order chi connectivity index (χ1) is 10.7. The molecule has 0 aromatic heterocycles. The molecule has 120 valence electrons. The fraction of sp³-hybridized carbons (Fsp3) is 0.611. The van der Waals surface area contributed by atoms with Gasteiger partial charge in [-0.25, -0.2) is 4.39 Å². The number of piperidine rings is 1. The molecule has 0 atom stereocenters. The third kappa shape index (κ3) is 3.49. The Kier molecular flexibility index (Phi) is 4.77. The van der Waals surface area contributed by atoms with Crippen LogP contribution in [0.1, 0.15) is 60.9 Å². The highest BCUT2D eigenvalue weighted by molar-refractivity contribution is 5.96. The van der Waals surface area contributed by atoms with E-state index in [0.717, 1.165) is 44.3 Å². The molecule has 0 spiro atoms. The molecule has 1 saturated carbocycles. The van der Waals surface area contributed by atoms with Crippen LogP contribution in [0, 0.1) is 11.7 Å². The van der Waals surface area contributed by atoms with Crippen molar-refractivity contribution >= 4 is 5.78 Å². The number of hydrogen-bond donors (Lipinski definition) is 1. The molecule has 0 radical (unpaired) electrons. The number of rotatable bonds is 6. The molecule has 1 aromatic rings. The highest BCUT2D eigenvalue weighted by atomic mass is 19.1. The van der Waals surface area contributed by atoms with E-state index in [1.807, 2.05) is 0 Å². The molecule has 2 fully saturated rings. The Morgan fingerprint density at radius 1 is 1.27 bits per heavy atom. The fourth-order valence-electron chi connectivity index (χ4n) is 3.07. The standard InChI is InChI=1S/C18H24FNO2/c1-2-17(21)15-9-14(13-3-4-13)18(10-16(15)19)22-11-12-5-7-20-8-6-12/h9-10,12-13,20H,2-8,11H2,1H3. The predicted molar refractivity (Wildman–Crippen MR) is 84.1 cm³/mol. The van der Waals surface area contributed by atoms with Crippen molar-refractivity contribution in [2.75, 3.05) is 19.7 Å². The van der Waals surface area contributed by atoms with Crippen molar-refractivity contribution in [2.45, 2.75) is 44.9 Å². The lowest BCUT2D eigenvalue weighted by Crippen LogP contribution is -2.30. The van der Waals surface area contributed by atoms with E-state index in [0.29, 0.717) is 30.6 Å². The number of hydrogen-bond acceptors (Lipinski definition) is 3. The van der Waals surface area contributed by atoms with E-state index in [4.69, 9.17) is 4.74 Å². The summed E-state index contributed by atoms with van der Waals surface area (Å²) in [7, 11) is 0. The molecule has 2 aliphatic rings. The predicted octanol–water partition coefficient (Wildman–Crippen LogP) is 3.67. The Hall–Kier alpha value is -1.42. The van der Waals surface area contributed by atoms with Gasteiger partial charge in [-0.1, -0.05) is 6.92 Å². The molecule has 0 amide bonds. The Morgan fingerprint density at radius 2 is 2.00 bits per heavy atom. The lowest BCUT2D eigenvalue weighted by molar-refractivity contribution is 0.0984. The van der Waals surface area contributed by atoms with Gasteiger partial charge in [0.25, 0.3) is 0 Å². The van der Waals surface area contributed by atoms with Gasteiger partial charge in [0.2, 0.25) is 0 Å². The number of carbonyl (C=O) groups excluding carboxylic acids is 1. The van der Waals surface area contributed by atoms with Gasteiger partial charge >= 0.3 is 0 Å². The highest BCUT2D eigenvalue weighted by Gasteiger charge is 2.29. The SMILES string of the molecule is CCC(=O)c1cc(C2CC2)c(OCC2CCNCC2)cc1F. The van der Waals surface area contributed by atoms with Crippen LogP contribution in [0.2, 0.25) is 0 Å². The van der Waals surface area contributed by atoms with E-state index in [-0.39, 0.29) is 11.3 Å². The van der Waals surface area contributed by atoms with Crippen molar-refractivity contribution in [3.8, 4) is 5.75 Å². The largest absolute Gasteiger partial charge is 0.493 e. The van der Waals surface area contributed by atoms with Gasteiger partial charge in [0, 0.05) is 12.5 Å². The van der Waals surface area contributed by atoms with Crippen LogP contribution < -0.4 is 10.1 Å². The van der Waals surface area contributed by atoms with Gasteiger partial charge in [-0.3, -0.25) is 4.79 Å². The molecule has 0 unspecified atom stereocenters. The molecule has 3 rings (SSSR count). The molecule has 4 heteroatoms. The van der Waals surface area contributed by atoms with Crippen LogP contribution in [-0.4, -0.2) is 25.5 Å². The lowest BCUT2D eigenvalue weighted by atomic mass is 9.99. The smallest absolute Gasteiger partial charge is 0.165 e. The molecule has 1 aromatic carbocycles. The first kappa shape index (κ1) is 15.5. The summed E-state index contributed by atoms with van der Waals surface area (Å²) in [5, 5.41) is 3.33. The van der Waals surface area contributed by atoms with E-state index >= 15 is 0 Å². The van der Waals surface area contributed by atoms with E-state index in [1.54, 1.807) is 13.0 Å². The summed E-state index contributed by atoms with van der Waals surface area (Å²) >= 11 is 0. The molecule has 1 aliphatic heterocycles. The third-order valence-electron chi connectivity index (χ3n) is 4.67. The van der Waals surface area contributed by atoms with Crippen molar-refractivity contribution in [2.24, 2.45) is 5.92 Å². The second-order valence-electron chi connectivity index (χ2n) is 6.43.